The van der Waals surface area contributed by atoms with Crippen molar-refractivity contribution >= 4 is 96.9 Å². The quantitative estimate of drug-likeness (QED) is 0.104. The van der Waals surface area contributed by atoms with Crippen LogP contribution in [0, 0.1) is 0 Å². The van der Waals surface area contributed by atoms with E-state index in [4.69, 9.17) is 44.9 Å². The normalized spacial score (nSPS) is 11.2. The molecule has 0 amide bonds. The molecule has 0 saturated carbocycles. The lowest BCUT2D eigenvalue weighted by atomic mass is 9.97. The minimum Gasteiger partial charge on any atom is -0.309 e. The molecular formula is C119H84N12S. The van der Waals surface area contributed by atoms with E-state index in [1.165, 1.54) is 80.5 Å². The number of nitrogens with zero attached hydrogens (tertiary/aromatic N) is 12. The number of thiophene rings is 1. The summed E-state index contributed by atoms with van der Waals surface area (Å²) in [5, 5.41) is 9.92. The summed E-state index contributed by atoms with van der Waals surface area (Å²) in [6.07, 6.45) is 0. The van der Waals surface area contributed by atoms with Crippen molar-refractivity contribution in [3.05, 3.63) is 461 Å². The predicted molar refractivity (Wildman–Crippen MR) is 549 cm³/mol. The third-order valence-corrected chi connectivity index (χ3v) is 25.2. The van der Waals surface area contributed by atoms with Crippen molar-refractivity contribution in [3.8, 4) is 142 Å². The van der Waals surface area contributed by atoms with E-state index in [0.717, 1.165) is 94.4 Å². The molecule has 25 rings (SSSR count). The maximum Gasteiger partial charge on any atom is 0.238 e. The molecule has 0 aliphatic carbocycles. The van der Waals surface area contributed by atoms with Crippen molar-refractivity contribution in [2.75, 3.05) is 0 Å². The zero-order chi connectivity index (χ0) is 86.2. The zero-order valence-corrected chi connectivity index (χ0v) is 71.0. The van der Waals surface area contributed by atoms with Gasteiger partial charge in [-0.3, -0.25) is 4.57 Å². The third kappa shape index (κ3) is 15.6. The lowest BCUT2D eigenvalue weighted by Crippen LogP contribution is -2.06. The smallest absolute Gasteiger partial charge is 0.238 e. The Morgan fingerprint density at radius 3 is 0.795 bits per heavy atom. The van der Waals surface area contributed by atoms with Gasteiger partial charge in [-0.25, -0.2) is 34.9 Å². The lowest BCUT2D eigenvalue weighted by molar-refractivity contribution is 0.953. The Hall–Kier alpha value is -17.4. The average molecular weight is 1710 g/mol. The summed E-state index contributed by atoms with van der Waals surface area (Å²) in [6, 6.07) is 160. The van der Waals surface area contributed by atoms with Crippen LogP contribution in [0.5, 0.6) is 0 Å². The second-order valence-corrected chi connectivity index (χ2v) is 33.0. The maximum absolute atomic E-state index is 5.12. The van der Waals surface area contributed by atoms with Gasteiger partial charge >= 0.3 is 0 Å². The van der Waals surface area contributed by atoms with Crippen LogP contribution in [0.1, 0.15) is 14.9 Å². The zero-order valence-electron chi connectivity index (χ0n) is 70.2. The highest BCUT2D eigenvalue weighted by Gasteiger charge is 2.23. The first kappa shape index (κ1) is 81.6. The van der Waals surface area contributed by atoms with E-state index in [1.54, 1.807) is 0 Å². The Kier molecular flexibility index (Phi) is 22.1. The van der Waals surface area contributed by atoms with Gasteiger partial charge in [0, 0.05) is 108 Å². The average Bonchev–Trinajstić information content (AvgIpc) is 1.64. The molecule has 0 saturated heterocycles. The number of fused-ring (bicyclic) bond motifs is 12. The van der Waals surface area contributed by atoms with Crippen molar-refractivity contribution in [2.45, 2.75) is 14.9 Å². The first-order valence-electron chi connectivity index (χ1n) is 43.4. The standard InChI is InChI=1S/C45H28N4S.C39H26N4.C33H22N4.2CH4/c1-3-13-29(14-4-1)43-46-44(30-15-5-2-6-16-30)48-45(47-43)49-39-23-9-7-19-35(39)36-26-25-32(28-40(36)49)31-17-11-18-33(27-31)34-21-12-22-38-37-20-8-10-24-41(37)50-42(34)38;1-3-11-27(12-4-1)28-19-21-30(22-20-28)38-40-37(29-13-5-2-6-14-29)41-39(42-38)31-23-25-32(26-24-31)43-35-17-9-7-15-33(35)34-16-8-10-18-36(34)43;1-3-11-23(12-4-1)31-34-32(24-13-5-2-6-14-24)36-33(35-31)25-19-21-26(22-20-25)37-29-17-9-7-15-27(29)28-16-8-10-18-30(28)37;;/h1-28H;1-26H;1-22H;2*1H4. The van der Waals surface area contributed by atoms with Gasteiger partial charge in [0.2, 0.25) is 5.95 Å². The topological polar surface area (TPSA) is 131 Å². The fraction of sp³-hybridized carbons (Fsp3) is 0.0168. The van der Waals surface area contributed by atoms with Gasteiger partial charge in [-0.1, -0.05) is 379 Å². The van der Waals surface area contributed by atoms with Crippen molar-refractivity contribution < 1.29 is 0 Å². The molecule has 25 aromatic rings. The van der Waals surface area contributed by atoms with E-state index in [2.05, 4.69) is 317 Å². The first-order valence-corrected chi connectivity index (χ1v) is 44.2. The summed E-state index contributed by atoms with van der Waals surface area (Å²) in [5.41, 5.74) is 23.7. The number of aromatic nitrogens is 12. The first-order chi connectivity index (χ1) is 64.4. The molecule has 13 heteroatoms. The van der Waals surface area contributed by atoms with Crippen LogP contribution < -0.4 is 0 Å². The van der Waals surface area contributed by atoms with Crippen LogP contribution in [0.2, 0.25) is 0 Å². The van der Waals surface area contributed by atoms with Gasteiger partial charge < -0.3 is 9.13 Å². The summed E-state index contributed by atoms with van der Waals surface area (Å²) in [4.78, 5) is 44.5. The van der Waals surface area contributed by atoms with Gasteiger partial charge in [0.05, 0.1) is 33.1 Å². The van der Waals surface area contributed by atoms with Crippen molar-refractivity contribution in [1.29, 1.82) is 0 Å². The van der Waals surface area contributed by atoms with E-state index in [1.807, 2.05) is 169 Å². The van der Waals surface area contributed by atoms with E-state index >= 15 is 0 Å². The summed E-state index contributed by atoms with van der Waals surface area (Å²) in [5.74, 6) is 5.79. The fourth-order valence-electron chi connectivity index (χ4n) is 17.8. The number of hydrogen-bond acceptors (Lipinski definition) is 10. The van der Waals surface area contributed by atoms with Gasteiger partial charge in [0.1, 0.15) is 0 Å². The molecule has 0 N–H and O–H groups in total. The number of hydrogen-bond donors (Lipinski definition) is 0. The third-order valence-electron chi connectivity index (χ3n) is 24.0. The monoisotopic (exact) mass is 1710 g/mol. The predicted octanol–water partition coefficient (Wildman–Crippen LogP) is 30.9. The molecule has 12 nitrogen and oxygen atoms in total. The summed E-state index contributed by atoms with van der Waals surface area (Å²) in [6.45, 7) is 0. The molecule has 7 aromatic heterocycles. The van der Waals surface area contributed by atoms with Gasteiger partial charge in [0.25, 0.3) is 0 Å². The van der Waals surface area contributed by atoms with Gasteiger partial charge in [0.15, 0.2) is 46.6 Å². The summed E-state index contributed by atoms with van der Waals surface area (Å²) in [7, 11) is 0. The minimum absolute atomic E-state index is 0. The molecule has 0 bridgehead atoms. The molecular weight excluding hydrogens is 1630 g/mol. The molecule has 7 heterocycles. The minimum atomic E-state index is 0. The van der Waals surface area contributed by atoms with Gasteiger partial charge in [-0.15, -0.1) is 11.3 Å². The Morgan fingerprint density at radius 1 is 0.159 bits per heavy atom. The molecule has 0 spiro atoms. The van der Waals surface area contributed by atoms with Crippen molar-refractivity contribution in [1.82, 2.24) is 58.6 Å². The molecule has 0 aliphatic rings. The van der Waals surface area contributed by atoms with Crippen LogP contribution in [0.15, 0.2) is 461 Å². The lowest BCUT2D eigenvalue weighted by Gasteiger charge is -2.12. The van der Waals surface area contributed by atoms with E-state index in [-0.39, 0.29) is 14.9 Å². The summed E-state index contributed by atoms with van der Waals surface area (Å²) < 4.78 is 9.45. The molecule has 0 atom stereocenters. The highest BCUT2D eigenvalue weighted by molar-refractivity contribution is 7.26. The Labute approximate surface area is 767 Å². The molecule has 0 fully saturated rings. The Balaban J connectivity index is 0.000000120. The van der Waals surface area contributed by atoms with Crippen LogP contribution in [0.3, 0.4) is 0 Å². The van der Waals surface area contributed by atoms with Crippen LogP contribution in [-0.2, 0) is 0 Å². The van der Waals surface area contributed by atoms with E-state index < -0.39 is 0 Å². The highest BCUT2D eigenvalue weighted by atomic mass is 32.1. The van der Waals surface area contributed by atoms with Gasteiger partial charge in [-0.2, -0.15) is 9.97 Å². The number of rotatable bonds is 14. The van der Waals surface area contributed by atoms with Gasteiger partial charge in [-0.05, 0) is 130 Å². The fourth-order valence-corrected chi connectivity index (χ4v) is 19.0. The van der Waals surface area contributed by atoms with Crippen molar-refractivity contribution in [2.24, 2.45) is 0 Å². The summed E-state index contributed by atoms with van der Waals surface area (Å²) >= 11 is 1.87. The Bertz CT molecular complexity index is 8280. The van der Waals surface area contributed by atoms with E-state index in [9.17, 15) is 0 Å². The Morgan fingerprint density at radius 2 is 0.409 bits per heavy atom. The maximum atomic E-state index is 5.12. The van der Waals surface area contributed by atoms with Crippen molar-refractivity contribution in [3.63, 3.8) is 0 Å². The van der Waals surface area contributed by atoms with Crippen LogP contribution >= 0.6 is 11.3 Å². The SMILES string of the molecule is C.C.c1ccc(-c2ccc(-c3nc(-c4ccccc4)nc(-c4ccc(-n5c6ccccc6c6ccccc65)cc4)n3)cc2)cc1.c1ccc(-c2nc(-c3ccccc3)nc(-c3ccc(-n4c5ccccc5c5ccccc54)cc3)n2)cc1.c1ccc(-c2nc(-c3ccccc3)nc(-n3c4ccccc4c4ccc(-c5cccc(-c6cccc7c6sc6ccccc67)c5)cc43)n2)cc1. The highest BCUT2D eigenvalue weighted by Crippen LogP contribution is 2.44. The number of para-hydroxylation sites is 5. The number of benzene rings is 18. The molecule has 0 unspecified atom stereocenters. The van der Waals surface area contributed by atoms with Crippen LogP contribution in [-0.4, -0.2) is 58.6 Å². The van der Waals surface area contributed by atoms with E-state index in [0.29, 0.717) is 52.5 Å². The second-order valence-electron chi connectivity index (χ2n) is 31.9. The molecule has 18 aromatic carbocycles. The molecule has 0 radical (unpaired) electrons. The largest absolute Gasteiger partial charge is 0.309 e. The second kappa shape index (κ2) is 35.8. The molecule has 132 heavy (non-hydrogen) atoms. The van der Waals surface area contributed by atoms with Crippen LogP contribution in [0.4, 0.5) is 0 Å². The molecule has 626 valence electrons. The molecule has 0 aliphatic heterocycles. The van der Waals surface area contributed by atoms with Crippen LogP contribution in [0.25, 0.3) is 227 Å².